The Kier molecular flexibility index (Phi) is 4.75. The summed E-state index contributed by atoms with van der Waals surface area (Å²) in [6.45, 7) is 10.1. The van der Waals surface area contributed by atoms with Crippen LogP contribution in [0.4, 0.5) is 4.79 Å². The Morgan fingerprint density at radius 2 is 2.29 bits per heavy atom. The Balaban J connectivity index is 2.57. The van der Waals surface area contributed by atoms with E-state index in [4.69, 9.17) is 9.57 Å². The summed E-state index contributed by atoms with van der Waals surface area (Å²) in [5.74, 6) is 0. The first-order chi connectivity index (χ1) is 7.92. The highest BCUT2D eigenvalue weighted by Gasteiger charge is 2.23. The second-order valence-electron chi connectivity index (χ2n) is 4.98. The standard InChI is InChI=1S/C13H21NO3/c1-5-11-8-6-7-9-14(16-10-11)12(15)17-13(2,3)4/h5,8H,1,6-7,9-10H2,2-4H3/b11-8-. The van der Waals surface area contributed by atoms with Crippen molar-refractivity contribution in [1.82, 2.24) is 5.06 Å². The summed E-state index contributed by atoms with van der Waals surface area (Å²) < 4.78 is 5.26. The minimum absolute atomic E-state index is 0.364. The zero-order valence-corrected chi connectivity index (χ0v) is 10.9. The van der Waals surface area contributed by atoms with Crippen molar-refractivity contribution in [1.29, 1.82) is 0 Å². The maximum Gasteiger partial charge on any atom is 0.434 e. The number of carbonyl (C=O) groups is 1. The summed E-state index contributed by atoms with van der Waals surface area (Å²) in [7, 11) is 0. The Bertz CT molecular complexity index is 315. The average molecular weight is 239 g/mol. The molecule has 4 nitrogen and oxygen atoms in total. The number of hydrogen-bond donors (Lipinski definition) is 0. The third-order valence-corrected chi connectivity index (χ3v) is 2.22. The van der Waals surface area contributed by atoms with Crippen LogP contribution in [0.3, 0.4) is 0 Å². The van der Waals surface area contributed by atoms with Crippen molar-refractivity contribution in [2.24, 2.45) is 0 Å². The van der Waals surface area contributed by atoms with Gasteiger partial charge in [0.05, 0.1) is 13.2 Å². The highest BCUT2D eigenvalue weighted by molar-refractivity contribution is 5.66. The van der Waals surface area contributed by atoms with Crippen molar-refractivity contribution in [3.63, 3.8) is 0 Å². The van der Waals surface area contributed by atoms with E-state index in [9.17, 15) is 4.79 Å². The van der Waals surface area contributed by atoms with Gasteiger partial charge in [0.1, 0.15) is 5.60 Å². The Morgan fingerprint density at radius 3 is 2.88 bits per heavy atom. The molecule has 0 spiro atoms. The maximum atomic E-state index is 11.8. The van der Waals surface area contributed by atoms with Crippen LogP contribution in [0.1, 0.15) is 33.6 Å². The SMILES string of the molecule is C=C/C1=C/CCCN(C(=O)OC(C)(C)C)OC1. The molecule has 0 fully saturated rings. The molecule has 0 saturated carbocycles. The van der Waals surface area contributed by atoms with Gasteiger partial charge in [-0.15, -0.1) is 0 Å². The first kappa shape index (κ1) is 13.8. The lowest BCUT2D eigenvalue weighted by atomic mass is 10.2. The van der Waals surface area contributed by atoms with Gasteiger partial charge in [0.2, 0.25) is 0 Å². The molecule has 0 unspecified atom stereocenters. The minimum atomic E-state index is -0.500. The van der Waals surface area contributed by atoms with Crippen LogP contribution in [0.15, 0.2) is 24.3 Å². The van der Waals surface area contributed by atoms with Crippen molar-refractivity contribution in [2.45, 2.75) is 39.2 Å². The van der Waals surface area contributed by atoms with Gasteiger partial charge in [0, 0.05) is 0 Å². The van der Waals surface area contributed by atoms with Crippen LogP contribution in [-0.4, -0.2) is 29.9 Å². The van der Waals surface area contributed by atoms with Gasteiger partial charge in [-0.25, -0.2) is 4.79 Å². The van der Waals surface area contributed by atoms with Crippen LogP contribution in [0.2, 0.25) is 0 Å². The summed E-state index contributed by atoms with van der Waals surface area (Å²) in [6, 6.07) is 0. The normalized spacial score (nSPS) is 20.9. The van der Waals surface area contributed by atoms with E-state index in [1.165, 1.54) is 5.06 Å². The quantitative estimate of drug-likeness (QED) is 0.706. The van der Waals surface area contributed by atoms with Crippen molar-refractivity contribution in [2.75, 3.05) is 13.2 Å². The fourth-order valence-corrected chi connectivity index (χ4v) is 1.40. The molecule has 1 heterocycles. The second kappa shape index (κ2) is 5.87. The number of hydrogen-bond acceptors (Lipinski definition) is 3. The van der Waals surface area contributed by atoms with E-state index >= 15 is 0 Å². The lowest BCUT2D eigenvalue weighted by molar-refractivity contribution is -0.140. The topological polar surface area (TPSA) is 38.8 Å². The van der Waals surface area contributed by atoms with Crippen LogP contribution in [-0.2, 0) is 9.57 Å². The molecule has 17 heavy (non-hydrogen) atoms. The number of ether oxygens (including phenoxy) is 1. The molecular formula is C13H21NO3. The first-order valence-corrected chi connectivity index (χ1v) is 5.87. The summed E-state index contributed by atoms with van der Waals surface area (Å²) in [5.41, 5.74) is 0.498. The largest absolute Gasteiger partial charge is 0.442 e. The number of allylic oxidation sites excluding steroid dienone is 1. The molecule has 0 aromatic rings. The summed E-state index contributed by atoms with van der Waals surface area (Å²) in [4.78, 5) is 17.2. The third kappa shape index (κ3) is 5.04. The molecule has 0 bridgehead atoms. The number of amides is 1. The fourth-order valence-electron chi connectivity index (χ4n) is 1.40. The highest BCUT2D eigenvalue weighted by atomic mass is 16.7. The molecule has 0 N–H and O–H groups in total. The summed E-state index contributed by atoms with van der Waals surface area (Å²) >= 11 is 0. The molecule has 96 valence electrons. The minimum Gasteiger partial charge on any atom is -0.442 e. The molecule has 4 heteroatoms. The van der Waals surface area contributed by atoms with Crippen LogP contribution in [0, 0.1) is 0 Å². The molecule has 1 amide bonds. The molecule has 0 radical (unpaired) electrons. The predicted octanol–water partition coefficient (Wildman–Crippen LogP) is 3.06. The van der Waals surface area contributed by atoms with Gasteiger partial charge >= 0.3 is 6.09 Å². The monoisotopic (exact) mass is 239 g/mol. The molecule has 0 aromatic heterocycles. The van der Waals surface area contributed by atoms with Gasteiger partial charge in [-0.1, -0.05) is 18.7 Å². The van der Waals surface area contributed by atoms with Gasteiger partial charge in [0.25, 0.3) is 0 Å². The third-order valence-electron chi connectivity index (χ3n) is 2.22. The van der Waals surface area contributed by atoms with Crippen molar-refractivity contribution >= 4 is 6.09 Å². The molecule has 0 saturated heterocycles. The van der Waals surface area contributed by atoms with E-state index in [1.54, 1.807) is 6.08 Å². The van der Waals surface area contributed by atoms with Crippen molar-refractivity contribution < 1.29 is 14.4 Å². The van der Waals surface area contributed by atoms with Crippen LogP contribution in [0.25, 0.3) is 0 Å². The molecular weight excluding hydrogens is 218 g/mol. The molecule has 1 aliphatic rings. The second-order valence-corrected chi connectivity index (χ2v) is 4.98. The van der Waals surface area contributed by atoms with E-state index in [1.807, 2.05) is 20.8 Å². The van der Waals surface area contributed by atoms with Gasteiger partial charge in [-0.05, 0) is 39.2 Å². The zero-order chi connectivity index (χ0) is 12.9. The van der Waals surface area contributed by atoms with E-state index < -0.39 is 11.7 Å². The van der Waals surface area contributed by atoms with E-state index in [0.717, 1.165) is 18.4 Å². The van der Waals surface area contributed by atoms with Crippen LogP contribution < -0.4 is 0 Å². The lowest BCUT2D eigenvalue weighted by Gasteiger charge is -2.27. The molecule has 0 atom stereocenters. The Hall–Kier alpha value is -1.29. The van der Waals surface area contributed by atoms with Gasteiger partial charge < -0.3 is 4.74 Å². The molecule has 0 aromatic carbocycles. The van der Waals surface area contributed by atoms with Gasteiger partial charge in [-0.3, -0.25) is 4.84 Å². The van der Waals surface area contributed by atoms with E-state index in [-0.39, 0.29) is 0 Å². The van der Waals surface area contributed by atoms with E-state index in [2.05, 4.69) is 12.7 Å². The summed E-state index contributed by atoms with van der Waals surface area (Å²) in [6.07, 6.45) is 5.18. The number of carbonyl (C=O) groups excluding carboxylic acids is 1. The van der Waals surface area contributed by atoms with Gasteiger partial charge in [-0.2, -0.15) is 5.06 Å². The molecule has 1 aliphatic heterocycles. The molecule has 0 aliphatic carbocycles. The number of nitrogens with zero attached hydrogens (tertiary/aromatic N) is 1. The Labute approximate surface area is 103 Å². The highest BCUT2D eigenvalue weighted by Crippen LogP contribution is 2.14. The average Bonchev–Trinajstić information content (AvgIpc) is 2.14. The van der Waals surface area contributed by atoms with E-state index in [0.29, 0.717) is 13.2 Å². The zero-order valence-electron chi connectivity index (χ0n) is 10.9. The Morgan fingerprint density at radius 1 is 1.59 bits per heavy atom. The van der Waals surface area contributed by atoms with Crippen molar-refractivity contribution in [3.05, 3.63) is 24.3 Å². The van der Waals surface area contributed by atoms with Crippen LogP contribution in [0.5, 0.6) is 0 Å². The number of hydroxylamine groups is 2. The lowest BCUT2D eigenvalue weighted by Crippen LogP contribution is -2.38. The summed E-state index contributed by atoms with van der Waals surface area (Å²) in [5, 5.41) is 1.29. The molecule has 1 rings (SSSR count). The predicted molar refractivity (Wildman–Crippen MR) is 66.4 cm³/mol. The fraction of sp³-hybridized carbons (Fsp3) is 0.615. The maximum absolute atomic E-state index is 11.8. The van der Waals surface area contributed by atoms with Crippen LogP contribution >= 0.6 is 0 Å². The van der Waals surface area contributed by atoms with Gasteiger partial charge in [0.15, 0.2) is 0 Å². The van der Waals surface area contributed by atoms with Crippen molar-refractivity contribution in [3.8, 4) is 0 Å². The smallest absolute Gasteiger partial charge is 0.434 e. The number of rotatable bonds is 1. The first-order valence-electron chi connectivity index (χ1n) is 5.87.